The van der Waals surface area contributed by atoms with Crippen molar-refractivity contribution in [3.05, 3.63) is 39.8 Å². The third-order valence-electron chi connectivity index (χ3n) is 4.62. The number of amides is 2. The Balaban J connectivity index is 1.40. The van der Waals surface area contributed by atoms with Crippen LogP contribution < -0.4 is 5.56 Å². The standard InChI is InChI=1S/C17H15N3O5S/c21-13(7-20-16(23)9-3-1-2-4-10(9)17(20)24)25-8-12-18-11-5-6-26-14(11)15(22)19-12/h1-2,5-6,9-10H,3-4,7-8H2,(H,18,19,22)/t9-,10-/m1/s1. The highest BCUT2D eigenvalue weighted by Crippen LogP contribution is 2.34. The summed E-state index contributed by atoms with van der Waals surface area (Å²) in [6, 6.07) is 1.71. The van der Waals surface area contributed by atoms with Crippen LogP contribution in [0.1, 0.15) is 18.7 Å². The van der Waals surface area contributed by atoms with Gasteiger partial charge in [0.1, 0.15) is 23.7 Å². The van der Waals surface area contributed by atoms with E-state index in [2.05, 4.69) is 9.97 Å². The monoisotopic (exact) mass is 373 g/mol. The molecule has 1 aliphatic heterocycles. The molecule has 2 aromatic rings. The van der Waals surface area contributed by atoms with Crippen LogP contribution in [-0.2, 0) is 25.7 Å². The molecule has 9 heteroatoms. The molecule has 8 nitrogen and oxygen atoms in total. The smallest absolute Gasteiger partial charge is 0.326 e. The maximum absolute atomic E-state index is 12.3. The molecule has 0 bridgehead atoms. The van der Waals surface area contributed by atoms with Crippen LogP contribution in [0.25, 0.3) is 10.2 Å². The molecule has 2 aliphatic rings. The number of hydrogen-bond acceptors (Lipinski definition) is 7. The topological polar surface area (TPSA) is 109 Å². The van der Waals surface area contributed by atoms with E-state index in [9.17, 15) is 19.2 Å². The van der Waals surface area contributed by atoms with Gasteiger partial charge in [-0.25, -0.2) is 4.98 Å². The number of H-pyrrole nitrogens is 1. The fourth-order valence-corrected chi connectivity index (χ4v) is 4.06. The van der Waals surface area contributed by atoms with Crippen LogP contribution in [0.5, 0.6) is 0 Å². The summed E-state index contributed by atoms with van der Waals surface area (Å²) in [5.74, 6) is -1.91. The molecule has 0 saturated carbocycles. The van der Waals surface area contributed by atoms with Gasteiger partial charge in [-0.2, -0.15) is 0 Å². The van der Waals surface area contributed by atoms with Crippen molar-refractivity contribution in [1.29, 1.82) is 0 Å². The fraction of sp³-hybridized carbons (Fsp3) is 0.353. The van der Waals surface area contributed by atoms with E-state index in [0.717, 1.165) is 4.90 Å². The number of aromatic nitrogens is 2. The van der Waals surface area contributed by atoms with Crippen molar-refractivity contribution in [2.24, 2.45) is 11.8 Å². The van der Waals surface area contributed by atoms with Crippen molar-refractivity contribution in [2.75, 3.05) is 6.54 Å². The zero-order valence-electron chi connectivity index (χ0n) is 13.6. The van der Waals surface area contributed by atoms with Crippen molar-refractivity contribution in [1.82, 2.24) is 14.9 Å². The minimum atomic E-state index is -0.716. The highest BCUT2D eigenvalue weighted by Gasteiger charge is 2.47. The van der Waals surface area contributed by atoms with E-state index in [1.54, 1.807) is 11.4 Å². The first-order chi connectivity index (χ1) is 12.5. The summed E-state index contributed by atoms with van der Waals surface area (Å²) in [7, 11) is 0. The second-order valence-corrected chi connectivity index (χ2v) is 7.14. The number of carbonyl (C=O) groups is 3. The molecule has 26 heavy (non-hydrogen) atoms. The number of fused-ring (bicyclic) bond motifs is 2. The highest BCUT2D eigenvalue weighted by molar-refractivity contribution is 7.17. The molecule has 2 aromatic heterocycles. The lowest BCUT2D eigenvalue weighted by Gasteiger charge is -2.14. The Labute approximate surface area is 151 Å². The summed E-state index contributed by atoms with van der Waals surface area (Å²) in [6.07, 6.45) is 4.81. The SMILES string of the molecule is O=C(CN1C(=O)[C@@H]2CC=CC[C@H]2C1=O)OCc1nc2ccsc2c(=O)[nH]1. The lowest BCUT2D eigenvalue weighted by Crippen LogP contribution is -2.36. The summed E-state index contributed by atoms with van der Waals surface area (Å²) < 4.78 is 5.59. The summed E-state index contributed by atoms with van der Waals surface area (Å²) in [5.41, 5.74) is 0.240. The summed E-state index contributed by atoms with van der Waals surface area (Å²) in [5, 5.41) is 1.75. The van der Waals surface area contributed by atoms with Gasteiger partial charge in [-0.05, 0) is 24.3 Å². The Morgan fingerprint density at radius 3 is 2.62 bits per heavy atom. The number of imide groups is 1. The van der Waals surface area contributed by atoms with Crippen LogP contribution in [0, 0.1) is 11.8 Å². The Hall–Kier alpha value is -2.81. The lowest BCUT2D eigenvalue weighted by atomic mass is 9.85. The number of likely N-dealkylation sites (tertiary alicyclic amines) is 1. The summed E-state index contributed by atoms with van der Waals surface area (Å²) >= 11 is 1.28. The second kappa shape index (κ2) is 6.49. The predicted molar refractivity (Wildman–Crippen MR) is 92.1 cm³/mol. The molecule has 1 N–H and O–H groups in total. The van der Waals surface area contributed by atoms with Crippen LogP contribution in [0.4, 0.5) is 0 Å². The molecule has 1 aliphatic carbocycles. The van der Waals surface area contributed by atoms with Crippen LogP contribution >= 0.6 is 11.3 Å². The van der Waals surface area contributed by atoms with E-state index in [1.165, 1.54) is 11.3 Å². The van der Waals surface area contributed by atoms with Crippen molar-refractivity contribution in [3.8, 4) is 0 Å². The van der Waals surface area contributed by atoms with Gasteiger partial charge in [0.2, 0.25) is 11.8 Å². The Morgan fingerprint density at radius 2 is 1.92 bits per heavy atom. The number of nitrogens with one attached hydrogen (secondary N) is 1. The van der Waals surface area contributed by atoms with E-state index in [1.807, 2.05) is 12.2 Å². The highest BCUT2D eigenvalue weighted by atomic mass is 32.1. The van der Waals surface area contributed by atoms with Crippen LogP contribution in [-0.4, -0.2) is 39.2 Å². The number of carbonyl (C=O) groups excluding carboxylic acids is 3. The minimum Gasteiger partial charge on any atom is -0.456 e. The van der Waals surface area contributed by atoms with Crippen LogP contribution in [0.2, 0.25) is 0 Å². The number of rotatable bonds is 4. The quantitative estimate of drug-likeness (QED) is 0.486. The third kappa shape index (κ3) is 2.84. The van der Waals surface area contributed by atoms with Gasteiger partial charge < -0.3 is 9.72 Å². The normalized spacial score (nSPS) is 22.1. The number of thiophene rings is 1. The first kappa shape index (κ1) is 16.6. The molecule has 2 amide bonds. The van der Waals surface area contributed by atoms with Gasteiger partial charge in [0, 0.05) is 0 Å². The fourth-order valence-electron chi connectivity index (χ4n) is 3.34. The van der Waals surface area contributed by atoms with Gasteiger partial charge in [0.15, 0.2) is 0 Å². The van der Waals surface area contributed by atoms with Gasteiger partial charge in [-0.1, -0.05) is 12.2 Å². The van der Waals surface area contributed by atoms with E-state index >= 15 is 0 Å². The molecular formula is C17H15N3O5S. The van der Waals surface area contributed by atoms with E-state index in [0.29, 0.717) is 23.1 Å². The molecular weight excluding hydrogens is 358 g/mol. The molecule has 1 saturated heterocycles. The molecule has 0 spiro atoms. The average Bonchev–Trinajstić information content (AvgIpc) is 3.20. The number of ether oxygens (including phenoxy) is 1. The molecule has 0 radical (unpaired) electrons. The maximum atomic E-state index is 12.3. The average molecular weight is 373 g/mol. The molecule has 0 unspecified atom stereocenters. The zero-order valence-corrected chi connectivity index (χ0v) is 14.5. The largest absolute Gasteiger partial charge is 0.456 e. The first-order valence-corrected chi connectivity index (χ1v) is 9.05. The predicted octanol–water partition coefficient (Wildman–Crippen LogP) is 0.979. The number of esters is 1. The number of aromatic amines is 1. The van der Waals surface area contributed by atoms with Crippen molar-refractivity contribution in [2.45, 2.75) is 19.4 Å². The first-order valence-electron chi connectivity index (χ1n) is 8.17. The Bertz CT molecular complexity index is 966. The summed E-state index contributed by atoms with van der Waals surface area (Å²) in [4.78, 5) is 56.3. The van der Waals surface area contributed by atoms with Gasteiger partial charge in [0.05, 0.1) is 17.4 Å². The molecule has 2 atom stereocenters. The maximum Gasteiger partial charge on any atom is 0.326 e. The molecule has 3 heterocycles. The number of nitrogens with zero attached hydrogens (tertiary/aromatic N) is 2. The molecule has 1 fully saturated rings. The zero-order chi connectivity index (χ0) is 18.3. The molecule has 134 valence electrons. The second-order valence-electron chi connectivity index (χ2n) is 6.23. The van der Waals surface area contributed by atoms with Crippen molar-refractivity contribution < 1.29 is 19.1 Å². The lowest BCUT2D eigenvalue weighted by molar-refractivity contribution is -0.154. The van der Waals surface area contributed by atoms with Crippen LogP contribution in [0.15, 0.2) is 28.4 Å². The van der Waals surface area contributed by atoms with E-state index in [-0.39, 0.29) is 41.6 Å². The number of allylic oxidation sites excluding steroid dienone is 2. The van der Waals surface area contributed by atoms with Gasteiger partial charge in [-0.3, -0.25) is 24.1 Å². The van der Waals surface area contributed by atoms with E-state index < -0.39 is 12.5 Å². The van der Waals surface area contributed by atoms with Crippen molar-refractivity contribution >= 4 is 39.3 Å². The van der Waals surface area contributed by atoms with Gasteiger partial charge in [0.25, 0.3) is 5.56 Å². The minimum absolute atomic E-state index is 0.214. The van der Waals surface area contributed by atoms with Gasteiger partial charge >= 0.3 is 5.97 Å². The molecule has 4 rings (SSSR count). The van der Waals surface area contributed by atoms with Gasteiger partial charge in [-0.15, -0.1) is 11.3 Å². The molecule has 0 aromatic carbocycles. The van der Waals surface area contributed by atoms with Crippen molar-refractivity contribution in [3.63, 3.8) is 0 Å². The number of hydrogen-bond donors (Lipinski definition) is 1. The third-order valence-corrected chi connectivity index (χ3v) is 5.52. The van der Waals surface area contributed by atoms with E-state index in [4.69, 9.17) is 4.74 Å². The Kier molecular flexibility index (Phi) is 4.15. The Morgan fingerprint density at radius 1 is 1.23 bits per heavy atom. The summed E-state index contributed by atoms with van der Waals surface area (Å²) in [6.45, 7) is -0.653. The van der Waals surface area contributed by atoms with Crippen LogP contribution in [0.3, 0.4) is 0 Å².